The van der Waals surface area contributed by atoms with Crippen LogP contribution in [0.4, 0.5) is 0 Å². The molecule has 0 aliphatic carbocycles. The molecule has 5 nitrogen and oxygen atoms in total. The predicted molar refractivity (Wildman–Crippen MR) is 119 cm³/mol. The lowest BCUT2D eigenvalue weighted by Gasteiger charge is -2.29. The first-order valence-corrected chi connectivity index (χ1v) is 9.97. The molecule has 0 amide bonds. The zero-order chi connectivity index (χ0) is 19.9. The maximum absolute atomic E-state index is 11.2. The number of hydrogen-bond donors (Lipinski definition) is 1. The molecule has 1 fully saturated rings. The molecule has 2 aromatic carbocycles. The number of carboxylic acids is 1. The summed E-state index contributed by atoms with van der Waals surface area (Å²) in [5, 5.41) is 14.6. The van der Waals surface area contributed by atoms with E-state index < -0.39 is 5.97 Å². The van der Waals surface area contributed by atoms with Crippen LogP contribution in [0, 0.1) is 5.92 Å². The van der Waals surface area contributed by atoms with Crippen molar-refractivity contribution in [2.24, 2.45) is 11.1 Å². The minimum absolute atomic E-state index is 0. The lowest BCUT2D eigenvalue weighted by Crippen LogP contribution is -2.40. The Labute approximate surface area is 186 Å². The number of carboxylic acid groups (broad SMARTS) is 1. The summed E-state index contributed by atoms with van der Waals surface area (Å²) in [6.45, 7) is 2.39. The lowest BCUT2D eigenvalue weighted by atomic mass is 9.98. The van der Waals surface area contributed by atoms with Crippen LogP contribution in [0.3, 0.4) is 0 Å². The van der Waals surface area contributed by atoms with E-state index in [1.165, 1.54) is 0 Å². The van der Waals surface area contributed by atoms with E-state index in [-0.39, 0.29) is 18.3 Å². The standard InChI is InChI=1S/C21H22Cl2N2O3.ClH/c22-18-9-3-1-7-16(18)20(17-8-2-4-10-19(17)23)24-28-13-12-25-11-5-6-15(14-25)21(26)27;/h1-4,7-10,15H,5-6,11-14H2,(H,26,27);1H/t15-;/m1./s1. The van der Waals surface area contributed by atoms with Crippen LogP contribution in [0.5, 0.6) is 0 Å². The third-order valence-electron chi connectivity index (χ3n) is 4.77. The van der Waals surface area contributed by atoms with Gasteiger partial charge in [-0.2, -0.15) is 0 Å². The second kappa shape index (κ2) is 11.4. The van der Waals surface area contributed by atoms with E-state index in [4.69, 9.17) is 28.0 Å². The van der Waals surface area contributed by atoms with Gasteiger partial charge in [0, 0.05) is 24.2 Å². The van der Waals surface area contributed by atoms with Crippen LogP contribution in [0.2, 0.25) is 10.0 Å². The molecule has 3 rings (SSSR count). The number of nitrogens with zero attached hydrogens (tertiary/aromatic N) is 2. The van der Waals surface area contributed by atoms with Gasteiger partial charge in [-0.3, -0.25) is 9.69 Å². The quantitative estimate of drug-likeness (QED) is 0.362. The molecule has 29 heavy (non-hydrogen) atoms. The minimum Gasteiger partial charge on any atom is -0.481 e. The van der Waals surface area contributed by atoms with Crippen molar-refractivity contribution in [2.45, 2.75) is 12.8 Å². The van der Waals surface area contributed by atoms with Crippen LogP contribution in [-0.2, 0) is 9.63 Å². The number of aliphatic carboxylic acids is 1. The molecule has 8 heteroatoms. The third kappa shape index (κ3) is 6.34. The van der Waals surface area contributed by atoms with Gasteiger partial charge in [0.05, 0.1) is 16.0 Å². The van der Waals surface area contributed by atoms with Crippen molar-refractivity contribution in [3.8, 4) is 0 Å². The number of rotatable bonds is 7. The Hall–Kier alpha value is -1.79. The average Bonchev–Trinajstić information content (AvgIpc) is 2.70. The molecule has 1 aliphatic rings. The molecule has 0 saturated carbocycles. The Morgan fingerprint density at radius 3 is 2.24 bits per heavy atom. The zero-order valence-corrected chi connectivity index (χ0v) is 18.1. The van der Waals surface area contributed by atoms with Crippen molar-refractivity contribution < 1.29 is 14.7 Å². The lowest BCUT2D eigenvalue weighted by molar-refractivity contribution is -0.143. The number of oxime groups is 1. The van der Waals surface area contributed by atoms with Crippen LogP contribution in [-0.4, -0.2) is 47.9 Å². The Balaban J connectivity index is 0.00000300. The first kappa shape index (κ1) is 23.5. The van der Waals surface area contributed by atoms with E-state index in [1.54, 1.807) is 12.1 Å². The van der Waals surface area contributed by atoms with Crippen LogP contribution >= 0.6 is 35.6 Å². The fourth-order valence-corrected chi connectivity index (χ4v) is 3.74. The van der Waals surface area contributed by atoms with Crippen molar-refractivity contribution in [2.75, 3.05) is 26.2 Å². The second-order valence-corrected chi connectivity index (χ2v) is 7.53. The maximum atomic E-state index is 11.2. The van der Waals surface area contributed by atoms with Crippen molar-refractivity contribution in [3.63, 3.8) is 0 Å². The average molecular weight is 458 g/mol. The fourth-order valence-electron chi connectivity index (χ4n) is 3.29. The second-order valence-electron chi connectivity index (χ2n) is 6.71. The fraction of sp³-hybridized carbons (Fsp3) is 0.333. The SMILES string of the molecule is Cl.O=C(O)[C@@H]1CCCN(CCON=C(c2ccccc2Cl)c2ccccc2Cl)C1. The van der Waals surface area contributed by atoms with Gasteiger partial charge in [0.1, 0.15) is 12.3 Å². The summed E-state index contributed by atoms with van der Waals surface area (Å²) >= 11 is 12.7. The van der Waals surface area contributed by atoms with E-state index >= 15 is 0 Å². The molecular formula is C21H23Cl3N2O3. The van der Waals surface area contributed by atoms with E-state index in [0.717, 1.165) is 30.5 Å². The molecule has 0 spiro atoms. The van der Waals surface area contributed by atoms with Gasteiger partial charge in [-0.25, -0.2) is 0 Å². The molecule has 156 valence electrons. The highest BCUT2D eigenvalue weighted by Crippen LogP contribution is 2.24. The molecule has 0 bridgehead atoms. The van der Waals surface area contributed by atoms with Crippen molar-refractivity contribution in [1.29, 1.82) is 0 Å². The van der Waals surface area contributed by atoms with Crippen molar-refractivity contribution >= 4 is 47.3 Å². The first-order chi connectivity index (χ1) is 13.6. The molecule has 1 saturated heterocycles. The van der Waals surface area contributed by atoms with Gasteiger partial charge in [-0.15, -0.1) is 12.4 Å². The minimum atomic E-state index is -0.733. The highest BCUT2D eigenvalue weighted by atomic mass is 35.5. The Morgan fingerprint density at radius 1 is 1.10 bits per heavy atom. The first-order valence-electron chi connectivity index (χ1n) is 9.21. The molecule has 1 atom stereocenters. The van der Waals surface area contributed by atoms with Gasteiger partial charge in [0.25, 0.3) is 0 Å². The van der Waals surface area contributed by atoms with Crippen LogP contribution in [0.25, 0.3) is 0 Å². The van der Waals surface area contributed by atoms with Gasteiger partial charge in [-0.05, 0) is 31.5 Å². The number of carbonyl (C=O) groups is 1. The summed E-state index contributed by atoms with van der Waals surface area (Å²) < 4.78 is 0. The monoisotopic (exact) mass is 456 g/mol. The van der Waals surface area contributed by atoms with Gasteiger partial charge < -0.3 is 9.94 Å². The smallest absolute Gasteiger partial charge is 0.307 e. The van der Waals surface area contributed by atoms with E-state index in [1.807, 2.05) is 36.4 Å². The summed E-state index contributed by atoms with van der Waals surface area (Å²) in [6, 6.07) is 14.8. The number of hydrogen-bond acceptors (Lipinski definition) is 4. The Bertz CT molecular complexity index is 813. The number of benzene rings is 2. The van der Waals surface area contributed by atoms with Gasteiger partial charge in [0.2, 0.25) is 0 Å². The molecule has 0 aromatic heterocycles. The number of halogens is 3. The molecule has 1 N–H and O–H groups in total. The Kier molecular flexibility index (Phi) is 9.24. The van der Waals surface area contributed by atoms with E-state index in [9.17, 15) is 9.90 Å². The summed E-state index contributed by atoms with van der Waals surface area (Å²) in [5.74, 6) is -1.04. The maximum Gasteiger partial charge on any atom is 0.307 e. The molecule has 1 heterocycles. The number of piperidine rings is 1. The summed E-state index contributed by atoms with van der Waals surface area (Å²) in [6.07, 6.45) is 1.61. The summed E-state index contributed by atoms with van der Waals surface area (Å²) in [5.41, 5.74) is 2.04. The largest absolute Gasteiger partial charge is 0.481 e. The van der Waals surface area contributed by atoms with Crippen LogP contribution in [0.15, 0.2) is 53.7 Å². The van der Waals surface area contributed by atoms with Crippen LogP contribution < -0.4 is 0 Å². The van der Waals surface area contributed by atoms with Gasteiger partial charge >= 0.3 is 5.97 Å². The highest BCUT2D eigenvalue weighted by molar-refractivity contribution is 6.38. The van der Waals surface area contributed by atoms with Crippen molar-refractivity contribution in [3.05, 3.63) is 69.7 Å². The molecule has 1 aliphatic heterocycles. The normalized spacial score (nSPS) is 16.6. The predicted octanol–water partition coefficient (Wildman–Crippen LogP) is 4.98. The molecule has 0 unspecified atom stereocenters. The molecule has 0 radical (unpaired) electrons. The highest BCUT2D eigenvalue weighted by Gasteiger charge is 2.25. The van der Waals surface area contributed by atoms with Crippen LogP contribution in [0.1, 0.15) is 24.0 Å². The molecule has 2 aromatic rings. The van der Waals surface area contributed by atoms with E-state index in [2.05, 4.69) is 10.1 Å². The number of likely N-dealkylation sites (tertiary alicyclic amines) is 1. The topological polar surface area (TPSA) is 62.1 Å². The summed E-state index contributed by atoms with van der Waals surface area (Å²) in [4.78, 5) is 18.9. The third-order valence-corrected chi connectivity index (χ3v) is 5.43. The van der Waals surface area contributed by atoms with Crippen molar-refractivity contribution in [1.82, 2.24) is 4.90 Å². The molecular weight excluding hydrogens is 435 g/mol. The van der Waals surface area contributed by atoms with Gasteiger partial charge in [-0.1, -0.05) is 64.8 Å². The zero-order valence-electron chi connectivity index (χ0n) is 15.8. The van der Waals surface area contributed by atoms with Gasteiger partial charge in [0.15, 0.2) is 0 Å². The van der Waals surface area contributed by atoms with E-state index in [0.29, 0.717) is 35.5 Å². The Morgan fingerprint density at radius 2 is 1.69 bits per heavy atom. The summed E-state index contributed by atoms with van der Waals surface area (Å²) in [7, 11) is 0.